The average molecular weight is 309 g/mol. The monoisotopic (exact) mass is 308 g/mol. The summed E-state index contributed by atoms with van der Waals surface area (Å²) < 4.78 is 5.73. The molecule has 3 rings (SSSR count). The zero-order valence-corrected chi connectivity index (χ0v) is 12.7. The quantitative estimate of drug-likeness (QED) is 0.907. The molecule has 21 heavy (non-hydrogen) atoms. The maximum atomic E-state index is 5.90. The molecule has 1 aliphatic rings. The van der Waals surface area contributed by atoms with E-state index in [2.05, 4.69) is 15.3 Å². The Morgan fingerprint density at radius 1 is 1.14 bits per heavy atom. The van der Waals surface area contributed by atoms with Crippen molar-refractivity contribution in [1.82, 2.24) is 15.3 Å². The molecule has 6 heteroatoms. The molecular formula is C15H21ClN4O. The molecule has 0 unspecified atom stereocenters. The second-order valence-corrected chi connectivity index (χ2v) is 5.23. The van der Waals surface area contributed by atoms with Gasteiger partial charge in [0.15, 0.2) is 5.82 Å². The van der Waals surface area contributed by atoms with Crippen LogP contribution in [0, 0.1) is 5.92 Å². The van der Waals surface area contributed by atoms with Crippen molar-refractivity contribution in [1.29, 1.82) is 0 Å². The van der Waals surface area contributed by atoms with Crippen LogP contribution in [-0.2, 0) is 0 Å². The predicted molar refractivity (Wildman–Crippen MR) is 86.9 cm³/mol. The maximum absolute atomic E-state index is 5.90. The number of nitrogens with one attached hydrogen (secondary N) is 1. The van der Waals surface area contributed by atoms with Crippen molar-refractivity contribution in [2.45, 2.75) is 19.3 Å². The number of halogens is 1. The molecule has 5 nitrogen and oxygen atoms in total. The van der Waals surface area contributed by atoms with E-state index in [4.69, 9.17) is 10.5 Å². The van der Waals surface area contributed by atoms with Crippen molar-refractivity contribution in [2.75, 3.05) is 25.4 Å². The first-order chi connectivity index (χ1) is 9.83. The van der Waals surface area contributed by atoms with Crippen LogP contribution in [0.4, 0.5) is 5.82 Å². The third-order valence-electron chi connectivity index (χ3n) is 3.79. The van der Waals surface area contributed by atoms with Crippen molar-refractivity contribution >= 4 is 29.3 Å². The van der Waals surface area contributed by atoms with E-state index in [0.717, 1.165) is 36.5 Å². The standard InChI is InChI=1S/C15H20N4O.ClH/c16-14-15(19-13-4-2-1-3-12(13)18-14)20-10-7-11-5-8-17-9-6-11;/h1-4,11,17H,5-10H2,(H2,16,18);1H. The Morgan fingerprint density at radius 3 is 2.52 bits per heavy atom. The van der Waals surface area contributed by atoms with E-state index >= 15 is 0 Å². The van der Waals surface area contributed by atoms with Crippen LogP contribution < -0.4 is 15.8 Å². The lowest BCUT2D eigenvalue weighted by Crippen LogP contribution is -2.28. The number of aromatic nitrogens is 2. The van der Waals surface area contributed by atoms with E-state index in [1.54, 1.807) is 0 Å². The summed E-state index contributed by atoms with van der Waals surface area (Å²) in [6.07, 6.45) is 3.50. The van der Waals surface area contributed by atoms with E-state index in [1.165, 1.54) is 12.8 Å². The molecule has 2 aromatic rings. The van der Waals surface area contributed by atoms with E-state index in [0.29, 0.717) is 18.3 Å². The molecule has 1 saturated heterocycles. The van der Waals surface area contributed by atoms with Crippen molar-refractivity contribution in [3.63, 3.8) is 0 Å². The van der Waals surface area contributed by atoms with Gasteiger partial charge in [-0.2, -0.15) is 0 Å². The van der Waals surface area contributed by atoms with Crippen molar-refractivity contribution in [2.24, 2.45) is 5.92 Å². The largest absolute Gasteiger partial charge is 0.475 e. The molecule has 0 radical (unpaired) electrons. The fourth-order valence-corrected chi connectivity index (χ4v) is 2.60. The maximum Gasteiger partial charge on any atom is 0.257 e. The van der Waals surface area contributed by atoms with Gasteiger partial charge in [0.2, 0.25) is 0 Å². The third-order valence-corrected chi connectivity index (χ3v) is 3.79. The normalized spacial score (nSPS) is 15.6. The van der Waals surface area contributed by atoms with Gasteiger partial charge in [0.1, 0.15) is 0 Å². The Labute approximate surface area is 130 Å². The van der Waals surface area contributed by atoms with Gasteiger partial charge >= 0.3 is 0 Å². The Balaban J connectivity index is 0.00000161. The molecule has 3 N–H and O–H groups in total. The fourth-order valence-electron chi connectivity index (χ4n) is 2.60. The first kappa shape index (κ1) is 15.8. The number of ether oxygens (including phenoxy) is 1. The van der Waals surface area contributed by atoms with Crippen LogP contribution in [0.2, 0.25) is 0 Å². The van der Waals surface area contributed by atoms with Crippen molar-refractivity contribution < 1.29 is 4.74 Å². The van der Waals surface area contributed by atoms with Crippen LogP contribution >= 0.6 is 12.4 Å². The molecule has 1 aromatic heterocycles. The summed E-state index contributed by atoms with van der Waals surface area (Å²) in [5.74, 6) is 1.57. The Hall–Kier alpha value is -1.59. The summed E-state index contributed by atoms with van der Waals surface area (Å²) in [7, 11) is 0. The molecule has 0 spiro atoms. The van der Waals surface area contributed by atoms with E-state index in [-0.39, 0.29) is 12.4 Å². The van der Waals surface area contributed by atoms with Gasteiger partial charge in [-0.1, -0.05) is 12.1 Å². The summed E-state index contributed by atoms with van der Waals surface area (Å²) in [6.45, 7) is 2.88. The number of fused-ring (bicyclic) bond motifs is 1. The topological polar surface area (TPSA) is 73.1 Å². The first-order valence-corrected chi connectivity index (χ1v) is 7.19. The SMILES string of the molecule is Cl.Nc1nc2ccccc2nc1OCCC1CCNCC1. The van der Waals surface area contributed by atoms with Crippen LogP contribution in [0.5, 0.6) is 5.88 Å². The number of para-hydroxylation sites is 2. The van der Waals surface area contributed by atoms with Crippen LogP contribution in [0.25, 0.3) is 11.0 Å². The van der Waals surface area contributed by atoms with E-state index in [9.17, 15) is 0 Å². The molecular weight excluding hydrogens is 288 g/mol. The second kappa shape index (κ2) is 7.43. The van der Waals surface area contributed by atoms with Gasteiger partial charge in [-0.15, -0.1) is 12.4 Å². The van der Waals surface area contributed by atoms with Gasteiger partial charge < -0.3 is 15.8 Å². The Morgan fingerprint density at radius 2 is 1.81 bits per heavy atom. The molecule has 0 amide bonds. The number of benzene rings is 1. The molecule has 2 heterocycles. The molecule has 1 aromatic carbocycles. The van der Waals surface area contributed by atoms with E-state index in [1.807, 2.05) is 24.3 Å². The second-order valence-electron chi connectivity index (χ2n) is 5.23. The number of hydrogen-bond acceptors (Lipinski definition) is 5. The number of rotatable bonds is 4. The lowest BCUT2D eigenvalue weighted by molar-refractivity contribution is 0.246. The van der Waals surface area contributed by atoms with Gasteiger partial charge in [0.25, 0.3) is 5.88 Å². The summed E-state index contributed by atoms with van der Waals surface area (Å²) in [5.41, 5.74) is 7.52. The fraction of sp³-hybridized carbons (Fsp3) is 0.467. The van der Waals surface area contributed by atoms with Crippen LogP contribution in [-0.4, -0.2) is 29.7 Å². The minimum atomic E-state index is 0. The average Bonchev–Trinajstić information content (AvgIpc) is 2.49. The summed E-state index contributed by atoms with van der Waals surface area (Å²) in [6, 6.07) is 7.68. The summed E-state index contributed by atoms with van der Waals surface area (Å²) >= 11 is 0. The van der Waals surface area contributed by atoms with Crippen LogP contribution in [0.15, 0.2) is 24.3 Å². The zero-order chi connectivity index (χ0) is 13.8. The Bertz CT molecular complexity index is 587. The van der Waals surface area contributed by atoms with Gasteiger partial charge in [0.05, 0.1) is 17.6 Å². The van der Waals surface area contributed by atoms with Gasteiger partial charge in [0, 0.05) is 0 Å². The molecule has 0 bridgehead atoms. The van der Waals surface area contributed by atoms with Crippen LogP contribution in [0.3, 0.4) is 0 Å². The highest BCUT2D eigenvalue weighted by atomic mass is 35.5. The zero-order valence-electron chi connectivity index (χ0n) is 11.9. The predicted octanol–water partition coefficient (Wildman–Crippen LogP) is 2.40. The third kappa shape index (κ3) is 3.95. The highest BCUT2D eigenvalue weighted by Gasteiger charge is 2.13. The Kier molecular flexibility index (Phi) is 5.59. The molecule has 0 atom stereocenters. The molecule has 1 fully saturated rings. The smallest absolute Gasteiger partial charge is 0.257 e. The first-order valence-electron chi connectivity index (χ1n) is 7.19. The van der Waals surface area contributed by atoms with Gasteiger partial charge in [-0.25, -0.2) is 9.97 Å². The molecule has 0 aliphatic carbocycles. The number of hydrogen-bond donors (Lipinski definition) is 2. The number of piperidine rings is 1. The number of anilines is 1. The number of nitrogens with zero attached hydrogens (tertiary/aromatic N) is 2. The lowest BCUT2D eigenvalue weighted by Gasteiger charge is -2.22. The highest BCUT2D eigenvalue weighted by molar-refractivity contribution is 5.85. The number of nitrogen functional groups attached to an aromatic ring is 1. The number of nitrogens with two attached hydrogens (primary N) is 1. The van der Waals surface area contributed by atoms with Gasteiger partial charge in [-0.3, -0.25) is 0 Å². The van der Waals surface area contributed by atoms with Crippen molar-refractivity contribution in [3.8, 4) is 5.88 Å². The summed E-state index contributed by atoms with van der Waals surface area (Å²) in [5, 5.41) is 3.37. The van der Waals surface area contributed by atoms with Crippen molar-refractivity contribution in [3.05, 3.63) is 24.3 Å². The molecule has 114 valence electrons. The molecule has 1 aliphatic heterocycles. The minimum Gasteiger partial charge on any atom is -0.475 e. The summed E-state index contributed by atoms with van der Waals surface area (Å²) in [4.78, 5) is 8.76. The minimum absolute atomic E-state index is 0. The van der Waals surface area contributed by atoms with Gasteiger partial charge in [-0.05, 0) is 50.4 Å². The molecule has 0 saturated carbocycles. The highest BCUT2D eigenvalue weighted by Crippen LogP contribution is 2.22. The van der Waals surface area contributed by atoms with E-state index < -0.39 is 0 Å². The van der Waals surface area contributed by atoms with Crippen LogP contribution in [0.1, 0.15) is 19.3 Å². The lowest BCUT2D eigenvalue weighted by atomic mass is 9.95.